The minimum Gasteiger partial charge on any atom is -0.508 e. The second kappa shape index (κ2) is 6.63. The van der Waals surface area contributed by atoms with Gasteiger partial charge in [-0.05, 0) is 54.1 Å². The molecular weight excluding hydrogens is 280 g/mol. The second-order valence-corrected chi connectivity index (χ2v) is 4.89. The summed E-state index contributed by atoms with van der Waals surface area (Å²) >= 11 is 0. The molecular formula is C18H16O4. The average Bonchev–Trinajstić information content (AvgIpc) is 2.50. The van der Waals surface area contributed by atoms with Crippen LogP contribution in [0.4, 0.5) is 0 Å². The summed E-state index contributed by atoms with van der Waals surface area (Å²) in [5, 5.41) is 28.3. The van der Waals surface area contributed by atoms with E-state index in [1.165, 1.54) is 17.7 Å². The molecule has 0 aliphatic rings. The first-order valence-electron chi connectivity index (χ1n) is 6.67. The maximum Gasteiger partial charge on any atom is 0.335 e. The SMILES string of the molecule is Cc1ccc(O)cc1.O=C(O)c1ccc2cc(O)ccc2c1. The lowest BCUT2D eigenvalue weighted by Crippen LogP contribution is -1.94. The van der Waals surface area contributed by atoms with Gasteiger partial charge >= 0.3 is 5.97 Å². The molecule has 22 heavy (non-hydrogen) atoms. The van der Waals surface area contributed by atoms with Gasteiger partial charge in [0.1, 0.15) is 11.5 Å². The maximum atomic E-state index is 10.7. The van der Waals surface area contributed by atoms with E-state index in [9.17, 15) is 9.90 Å². The minimum absolute atomic E-state index is 0.181. The highest BCUT2D eigenvalue weighted by Crippen LogP contribution is 2.20. The highest BCUT2D eigenvalue weighted by Gasteiger charge is 2.03. The molecule has 0 saturated carbocycles. The summed E-state index contributed by atoms with van der Waals surface area (Å²) in [7, 11) is 0. The Bertz CT molecular complexity index is 771. The summed E-state index contributed by atoms with van der Waals surface area (Å²) in [6.45, 7) is 1.99. The van der Waals surface area contributed by atoms with Gasteiger partial charge in [0, 0.05) is 0 Å². The molecule has 4 nitrogen and oxygen atoms in total. The standard InChI is InChI=1S/C11H8O3.C7H8O/c12-10-4-3-7-5-9(11(13)14)2-1-8(7)6-10;1-6-2-4-7(8)5-3-6/h1-6,12H,(H,13,14);2-5,8H,1H3. The van der Waals surface area contributed by atoms with Gasteiger partial charge in [-0.1, -0.05) is 29.8 Å². The number of carbonyl (C=O) groups is 1. The van der Waals surface area contributed by atoms with Crippen molar-refractivity contribution in [3.05, 3.63) is 71.8 Å². The number of aromatic carboxylic acids is 1. The zero-order chi connectivity index (χ0) is 16.1. The first-order chi connectivity index (χ1) is 10.5. The van der Waals surface area contributed by atoms with Crippen molar-refractivity contribution in [3.8, 4) is 11.5 Å². The minimum atomic E-state index is -0.944. The largest absolute Gasteiger partial charge is 0.508 e. The van der Waals surface area contributed by atoms with E-state index in [0.29, 0.717) is 5.75 Å². The number of benzene rings is 3. The number of hydrogen-bond acceptors (Lipinski definition) is 3. The molecule has 4 heteroatoms. The van der Waals surface area contributed by atoms with Crippen LogP contribution >= 0.6 is 0 Å². The highest BCUT2D eigenvalue weighted by atomic mass is 16.4. The van der Waals surface area contributed by atoms with Crippen LogP contribution in [0, 0.1) is 6.92 Å². The number of fused-ring (bicyclic) bond motifs is 1. The first-order valence-corrected chi connectivity index (χ1v) is 6.67. The summed E-state index contributed by atoms with van der Waals surface area (Å²) < 4.78 is 0. The van der Waals surface area contributed by atoms with Gasteiger partial charge in [0.15, 0.2) is 0 Å². The Morgan fingerprint density at radius 3 is 1.91 bits per heavy atom. The molecule has 0 saturated heterocycles. The molecule has 0 aliphatic heterocycles. The van der Waals surface area contributed by atoms with Crippen LogP contribution in [0.15, 0.2) is 60.7 Å². The third kappa shape index (κ3) is 3.99. The number of hydrogen-bond donors (Lipinski definition) is 3. The van der Waals surface area contributed by atoms with Crippen LogP contribution in [0.25, 0.3) is 10.8 Å². The van der Waals surface area contributed by atoms with Crippen molar-refractivity contribution in [2.24, 2.45) is 0 Å². The molecule has 0 spiro atoms. The van der Waals surface area contributed by atoms with E-state index in [2.05, 4.69) is 0 Å². The van der Waals surface area contributed by atoms with Crippen molar-refractivity contribution in [2.75, 3.05) is 0 Å². The molecule has 3 N–H and O–H groups in total. The van der Waals surface area contributed by atoms with Crippen molar-refractivity contribution in [3.63, 3.8) is 0 Å². The lowest BCUT2D eigenvalue weighted by molar-refractivity contribution is 0.0697. The molecule has 0 amide bonds. The molecule has 0 aliphatic carbocycles. The lowest BCUT2D eigenvalue weighted by Gasteiger charge is -2.00. The molecule has 0 aromatic heterocycles. The quantitative estimate of drug-likeness (QED) is 0.635. The van der Waals surface area contributed by atoms with E-state index >= 15 is 0 Å². The van der Waals surface area contributed by atoms with Gasteiger partial charge in [0.05, 0.1) is 5.56 Å². The Balaban J connectivity index is 0.000000188. The van der Waals surface area contributed by atoms with Crippen LogP contribution < -0.4 is 0 Å². The number of carboxylic acids is 1. The number of aromatic hydroxyl groups is 2. The number of carboxylic acid groups (broad SMARTS) is 1. The molecule has 0 fully saturated rings. The monoisotopic (exact) mass is 296 g/mol. The van der Waals surface area contributed by atoms with E-state index in [4.69, 9.17) is 10.2 Å². The molecule has 0 atom stereocenters. The van der Waals surface area contributed by atoms with Gasteiger partial charge < -0.3 is 15.3 Å². The summed E-state index contributed by atoms with van der Waals surface area (Å²) in [4.78, 5) is 10.7. The lowest BCUT2D eigenvalue weighted by atomic mass is 10.1. The van der Waals surface area contributed by atoms with Crippen LogP contribution in [-0.4, -0.2) is 21.3 Å². The summed E-state index contributed by atoms with van der Waals surface area (Å²) in [5.41, 5.74) is 1.42. The average molecular weight is 296 g/mol. The predicted octanol–water partition coefficient (Wildman–Crippen LogP) is 3.94. The molecule has 3 aromatic rings. The summed E-state index contributed by atoms with van der Waals surface area (Å²) in [5.74, 6) is -0.434. The highest BCUT2D eigenvalue weighted by molar-refractivity contribution is 5.94. The third-order valence-electron chi connectivity index (χ3n) is 3.10. The van der Waals surface area contributed by atoms with Crippen LogP contribution in [-0.2, 0) is 0 Å². The van der Waals surface area contributed by atoms with Crippen molar-refractivity contribution < 1.29 is 20.1 Å². The van der Waals surface area contributed by atoms with Crippen LogP contribution in [0.3, 0.4) is 0 Å². The molecule has 3 rings (SSSR count). The summed E-state index contributed by atoms with van der Waals surface area (Å²) in [6, 6.07) is 16.7. The number of aryl methyl sites for hydroxylation is 1. The number of phenolic OH excluding ortho intramolecular Hbond substituents is 2. The zero-order valence-electron chi connectivity index (χ0n) is 12.0. The molecule has 0 radical (unpaired) electrons. The van der Waals surface area contributed by atoms with Crippen LogP contribution in [0.1, 0.15) is 15.9 Å². The zero-order valence-corrected chi connectivity index (χ0v) is 12.0. The van der Waals surface area contributed by atoms with Gasteiger partial charge in [-0.2, -0.15) is 0 Å². The summed E-state index contributed by atoms with van der Waals surface area (Å²) in [6.07, 6.45) is 0. The number of rotatable bonds is 1. The Kier molecular flexibility index (Phi) is 4.63. The van der Waals surface area contributed by atoms with E-state index < -0.39 is 5.97 Å². The molecule has 0 unspecified atom stereocenters. The molecule has 0 heterocycles. The van der Waals surface area contributed by atoms with Crippen LogP contribution in [0.2, 0.25) is 0 Å². The van der Waals surface area contributed by atoms with E-state index in [1.807, 2.05) is 19.1 Å². The van der Waals surface area contributed by atoms with Gasteiger partial charge in [-0.15, -0.1) is 0 Å². The van der Waals surface area contributed by atoms with Crippen molar-refractivity contribution >= 4 is 16.7 Å². The van der Waals surface area contributed by atoms with Gasteiger partial charge in [0.25, 0.3) is 0 Å². The van der Waals surface area contributed by atoms with Crippen LogP contribution in [0.5, 0.6) is 11.5 Å². The molecule has 0 bridgehead atoms. The smallest absolute Gasteiger partial charge is 0.335 e. The van der Waals surface area contributed by atoms with Crippen molar-refractivity contribution in [2.45, 2.75) is 6.92 Å². The van der Waals surface area contributed by atoms with E-state index in [0.717, 1.165) is 10.8 Å². The van der Waals surface area contributed by atoms with Gasteiger partial charge in [0.2, 0.25) is 0 Å². The van der Waals surface area contributed by atoms with E-state index in [1.54, 1.807) is 36.4 Å². The maximum absolute atomic E-state index is 10.7. The predicted molar refractivity (Wildman–Crippen MR) is 85.4 cm³/mol. The Morgan fingerprint density at radius 2 is 1.32 bits per heavy atom. The van der Waals surface area contributed by atoms with Crippen molar-refractivity contribution in [1.29, 1.82) is 0 Å². The fourth-order valence-corrected chi connectivity index (χ4v) is 1.91. The molecule has 112 valence electrons. The Morgan fingerprint density at radius 1 is 0.773 bits per heavy atom. The Hall–Kier alpha value is -3.01. The third-order valence-corrected chi connectivity index (χ3v) is 3.10. The van der Waals surface area contributed by atoms with Gasteiger partial charge in [-0.3, -0.25) is 0 Å². The fourth-order valence-electron chi connectivity index (χ4n) is 1.91. The topological polar surface area (TPSA) is 77.8 Å². The van der Waals surface area contributed by atoms with Crippen molar-refractivity contribution in [1.82, 2.24) is 0 Å². The number of phenols is 2. The van der Waals surface area contributed by atoms with E-state index in [-0.39, 0.29) is 11.3 Å². The fraction of sp³-hybridized carbons (Fsp3) is 0.0556. The normalized spacial score (nSPS) is 9.86. The Labute approximate surface area is 127 Å². The second-order valence-electron chi connectivity index (χ2n) is 4.89. The molecule has 3 aromatic carbocycles. The van der Waals surface area contributed by atoms with Gasteiger partial charge in [-0.25, -0.2) is 4.79 Å². The first kappa shape index (κ1) is 15.4.